The Hall–Kier alpha value is -1.33. The normalized spacial score (nSPS) is 19.2. The van der Waals surface area contributed by atoms with E-state index in [1.54, 1.807) is 6.07 Å². The molecule has 2 aromatic rings. The molecule has 0 saturated carbocycles. The van der Waals surface area contributed by atoms with Gasteiger partial charge in [0.1, 0.15) is 5.69 Å². The van der Waals surface area contributed by atoms with E-state index in [0.29, 0.717) is 24.5 Å². The second kappa shape index (κ2) is 4.98. The van der Waals surface area contributed by atoms with Crippen LogP contribution in [0.1, 0.15) is 6.42 Å². The molecule has 19 heavy (non-hydrogen) atoms. The summed E-state index contributed by atoms with van der Waals surface area (Å²) in [5, 5.41) is 3.83. The van der Waals surface area contributed by atoms with Crippen LogP contribution in [0.2, 0.25) is 0 Å². The van der Waals surface area contributed by atoms with Crippen molar-refractivity contribution in [2.45, 2.75) is 11.8 Å². The van der Waals surface area contributed by atoms with E-state index in [0.717, 1.165) is 10.0 Å². The third kappa shape index (κ3) is 2.53. The van der Waals surface area contributed by atoms with Crippen molar-refractivity contribution in [3.63, 3.8) is 0 Å². The van der Waals surface area contributed by atoms with Crippen molar-refractivity contribution in [3.8, 4) is 11.3 Å². The number of hydrogen-bond donors (Lipinski definition) is 0. The SMILES string of the molecule is O=C1CC(Cl)CN1c1cc(-c2ccc(Br)cc2)no1. The predicted octanol–water partition coefficient (Wildman–Crippen LogP) is 3.45. The maximum atomic E-state index is 11.7. The average molecular weight is 342 g/mol. The van der Waals surface area contributed by atoms with Crippen LogP contribution in [-0.2, 0) is 4.79 Å². The molecule has 1 saturated heterocycles. The zero-order valence-electron chi connectivity index (χ0n) is 9.85. The van der Waals surface area contributed by atoms with Gasteiger partial charge in [0.15, 0.2) is 0 Å². The topological polar surface area (TPSA) is 46.3 Å². The minimum atomic E-state index is -0.159. The zero-order chi connectivity index (χ0) is 13.4. The molecule has 1 amide bonds. The van der Waals surface area contributed by atoms with Gasteiger partial charge in [-0.3, -0.25) is 9.69 Å². The van der Waals surface area contributed by atoms with E-state index in [1.165, 1.54) is 4.90 Å². The number of amides is 1. The van der Waals surface area contributed by atoms with Crippen molar-refractivity contribution in [3.05, 3.63) is 34.8 Å². The first-order valence-electron chi connectivity index (χ1n) is 5.80. The van der Waals surface area contributed by atoms with Crippen molar-refractivity contribution >= 4 is 39.3 Å². The summed E-state index contributed by atoms with van der Waals surface area (Å²) in [5.74, 6) is 0.421. The molecule has 6 heteroatoms. The van der Waals surface area contributed by atoms with Crippen LogP contribution in [0, 0.1) is 0 Å². The summed E-state index contributed by atoms with van der Waals surface area (Å²) in [7, 11) is 0. The second-order valence-electron chi connectivity index (χ2n) is 4.36. The number of nitrogens with zero attached hydrogens (tertiary/aromatic N) is 2. The molecule has 0 N–H and O–H groups in total. The molecule has 1 aliphatic rings. The Labute approximate surface area is 123 Å². The first kappa shape index (κ1) is 12.7. The standard InChI is InChI=1S/C13H10BrClN2O2/c14-9-3-1-8(2-4-9)11-6-13(19-16-11)17-7-10(15)5-12(17)18/h1-4,6,10H,5,7H2. The fraction of sp³-hybridized carbons (Fsp3) is 0.231. The summed E-state index contributed by atoms with van der Waals surface area (Å²) >= 11 is 9.34. The Morgan fingerprint density at radius 1 is 1.37 bits per heavy atom. The monoisotopic (exact) mass is 340 g/mol. The molecule has 0 spiro atoms. The van der Waals surface area contributed by atoms with Gasteiger partial charge in [-0.15, -0.1) is 11.6 Å². The van der Waals surface area contributed by atoms with Gasteiger partial charge in [0.05, 0.1) is 5.38 Å². The summed E-state index contributed by atoms with van der Waals surface area (Å²) < 4.78 is 6.24. The highest BCUT2D eigenvalue weighted by atomic mass is 79.9. The number of rotatable bonds is 2. The lowest BCUT2D eigenvalue weighted by molar-refractivity contribution is -0.117. The first-order valence-corrected chi connectivity index (χ1v) is 7.03. The lowest BCUT2D eigenvalue weighted by atomic mass is 10.1. The fourth-order valence-electron chi connectivity index (χ4n) is 2.03. The van der Waals surface area contributed by atoms with Gasteiger partial charge < -0.3 is 4.52 Å². The van der Waals surface area contributed by atoms with E-state index in [-0.39, 0.29) is 11.3 Å². The maximum absolute atomic E-state index is 11.7. The molecule has 98 valence electrons. The van der Waals surface area contributed by atoms with Crippen LogP contribution in [0.4, 0.5) is 5.88 Å². The number of halogens is 2. The lowest BCUT2D eigenvalue weighted by Gasteiger charge is -2.09. The minimum Gasteiger partial charge on any atom is -0.338 e. The molecule has 4 nitrogen and oxygen atoms in total. The van der Waals surface area contributed by atoms with Gasteiger partial charge in [0.25, 0.3) is 0 Å². The van der Waals surface area contributed by atoms with E-state index in [2.05, 4.69) is 21.1 Å². The molecule has 1 fully saturated rings. The number of alkyl halides is 1. The molecule has 1 atom stereocenters. The van der Waals surface area contributed by atoms with E-state index < -0.39 is 0 Å². The molecule has 1 aliphatic heterocycles. The molecule has 1 unspecified atom stereocenters. The third-order valence-electron chi connectivity index (χ3n) is 2.98. The average Bonchev–Trinajstić information content (AvgIpc) is 2.97. The predicted molar refractivity (Wildman–Crippen MR) is 76.3 cm³/mol. The van der Waals surface area contributed by atoms with Crippen LogP contribution in [0.3, 0.4) is 0 Å². The van der Waals surface area contributed by atoms with Crippen molar-refractivity contribution in [2.75, 3.05) is 11.4 Å². The Kier molecular flexibility index (Phi) is 3.33. The van der Waals surface area contributed by atoms with Crippen LogP contribution < -0.4 is 4.90 Å². The van der Waals surface area contributed by atoms with Crippen molar-refractivity contribution < 1.29 is 9.32 Å². The Balaban J connectivity index is 1.87. The summed E-state index contributed by atoms with van der Waals surface area (Å²) in [6.45, 7) is 0.468. The van der Waals surface area contributed by atoms with E-state index in [1.807, 2.05) is 24.3 Å². The van der Waals surface area contributed by atoms with Gasteiger partial charge in [0.2, 0.25) is 11.8 Å². The van der Waals surface area contributed by atoms with Crippen LogP contribution in [0.5, 0.6) is 0 Å². The molecule has 0 aliphatic carbocycles. The van der Waals surface area contributed by atoms with E-state index in [9.17, 15) is 4.79 Å². The van der Waals surface area contributed by atoms with E-state index >= 15 is 0 Å². The Bertz CT molecular complexity index is 611. The Morgan fingerprint density at radius 3 is 2.74 bits per heavy atom. The molecule has 0 bridgehead atoms. The van der Waals surface area contributed by atoms with E-state index in [4.69, 9.17) is 16.1 Å². The van der Waals surface area contributed by atoms with Gasteiger partial charge in [-0.2, -0.15) is 0 Å². The van der Waals surface area contributed by atoms with Gasteiger partial charge in [0, 0.05) is 29.1 Å². The molecule has 3 rings (SSSR count). The van der Waals surface area contributed by atoms with Gasteiger partial charge in [-0.25, -0.2) is 0 Å². The van der Waals surface area contributed by atoms with Crippen LogP contribution in [-0.4, -0.2) is 23.0 Å². The number of benzene rings is 1. The fourth-order valence-corrected chi connectivity index (χ4v) is 2.56. The third-order valence-corrected chi connectivity index (χ3v) is 3.80. The van der Waals surface area contributed by atoms with Crippen LogP contribution in [0.25, 0.3) is 11.3 Å². The Morgan fingerprint density at radius 2 is 2.11 bits per heavy atom. The number of carbonyl (C=O) groups is 1. The minimum absolute atomic E-state index is 0.0292. The lowest BCUT2D eigenvalue weighted by Crippen LogP contribution is -2.23. The summed E-state index contributed by atoms with van der Waals surface area (Å²) in [4.78, 5) is 13.3. The number of aromatic nitrogens is 1. The smallest absolute Gasteiger partial charge is 0.234 e. The highest BCUT2D eigenvalue weighted by molar-refractivity contribution is 9.10. The largest absolute Gasteiger partial charge is 0.338 e. The molecule has 1 aromatic heterocycles. The highest BCUT2D eigenvalue weighted by Crippen LogP contribution is 2.29. The van der Waals surface area contributed by atoms with Crippen molar-refractivity contribution in [1.29, 1.82) is 0 Å². The van der Waals surface area contributed by atoms with Crippen molar-refractivity contribution in [1.82, 2.24) is 5.16 Å². The molecular weight excluding hydrogens is 332 g/mol. The van der Waals surface area contributed by atoms with Gasteiger partial charge in [-0.05, 0) is 12.1 Å². The number of hydrogen-bond acceptors (Lipinski definition) is 3. The molecule has 2 heterocycles. The summed E-state index contributed by atoms with van der Waals surface area (Å²) in [6, 6.07) is 9.48. The summed E-state index contributed by atoms with van der Waals surface area (Å²) in [6.07, 6.45) is 0.343. The molecule has 1 aromatic carbocycles. The number of anilines is 1. The van der Waals surface area contributed by atoms with Crippen molar-refractivity contribution in [2.24, 2.45) is 0 Å². The van der Waals surface area contributed by atoms with Crippen LogP contribution in [0.15, 0.2) is 39.3 Å². The quantitative estimate of drug-likeness (QED) is 0.786. The van der Waals surface area contributed by atoms with Gasteiger partial charge >= 0.3 is 0 Å². The number of carbonyl (C=O) groups excluding carboxylic acids is 1. The molecular formula is C13H10BrClN2O2. The summed E-state index contributed by atoms with van der Waals surface area (Å²) in [5.41, 5.74) is 1.64. The first-order chi connectivity index (χ1) is 9.13. The highest BCUT2D eigenvalue weighted by Gasteiger charge is 2.31. The second-order valence-corrected chi connectivity index (χ2v) is 5.90. The zero-order valence-corrected chi connectivity index (χ0v) is 12.2. The van der Waals surface area contributed by atoms with Gasteiger partial charge in [-0.1, -0.05) is 33.2 Å². The van der Waals surface area contributed by atoms with Crippen LogP contribution >= 0.6 is 27.5 Å². The maximum Gasteiger partial charge on any atom is 0.234 e. The molecule has 0 radical (unpaired) electrons.